The third-order valence-corrected chi connectivity index (χ3v) is 4.60. The average Bonchev–Trinajstić information content (AvgIpc) is 2.74. The molecule has 1 saturated heterocycles. The van der Waals surface area contributed by atoms with Gasteiger partial charge in [0.1, 0.15) is 5.82 Å². The second kappa shape index (κ2) is 6.02. The van der Waals surface area contributed by atoms with Crippen molar-refractivity contribution in [2.75, 3.05) is 4.90 Å². The maximum Gasteiger partial charge on any atom is 0.270 e. The number of carbonyl (C=O) groups excluding carboxylic acids is 1. The van der Waals surface area contributed by atoms with Crippen molar-refractivity contribution in [2.24, 2.45) is 0 Å². The van der Waals surface area contributed by atoms with Crippen molar-refractivity contribution in [3.63, 3.8) is 0 Å². The van der Waals surface area contributed by atoms with Crippen molar-refractivity contribution < 1.29 is 9.18 Å². The van der Waals surface area contributed by atoms with Gasteiger partial charge in [0.15, 0.2) is 4.32 Å². The summed E-state index contributed by atoms with van der Waals surface area (Å²) in [4.78, 5) is 14.6. The molecule has 0 radical (unpaired) electrons. The van der Waals surface area contributed by atoms with Gasteiger partial charge in [-0.05, 0) is 42.3 Å². The lowest BCUT2D eigenvalue weighted by atomic mass is 10.1. The number of thioether (sulfide) groups is 1. The predicted molar refractivity (Wildman–Crippen MR) is 93.2 cm³/mol. The van der Waals surface area contributed by atoms with Gasteiger partial charge in [0.2, 0.25) is 0 Å². The molecule has 0 atom stereocenters. The van der Waals surface area contributed by atoms with Crippen molar-refractivity contribution >= 4 is 46.0 Å². The normalized spacial score (nSPS) is 16.6. The fraction of sp³-hybridized carbons (Fsp3) is 0.0588. The molecule has 0 bridgehead atoms. The Morgan fingerprint density at radius 2 is 1.95 bits per heavy atom. The Kier molecular flexibility index (Phi) is 4.09. The lowest BCUT2D eigenvalue weighted by Gasteiger charge is -2.16. The second-order valence-corrected chi connectivity index (χ2v) is 6.53. The molecule has 1 heterocycles. The van der Waals surface area contributed by atoms with Crippen molar-refractivity contribution in [1.82, 2.24) is 0 Å². The predicted octanol–water partition coefficient (Wildman–Crippen LogP) is 4.54. The van der Waals surface area contributed by atoms with Crippen LogP contribution in [0.5, 0.6) is 0 Å². The number of para-hydroxylation sites is 1. The number of halogens is 1. The molecule has 0 saturated carbocycles. The third kappa shape index (κ3) is 2.82. The van der Waals surface area contributed by atoms with Crippen LogP contribution in [0.4, 0.5) is 10.1 Å². The number of amides is 1. The number of thiocarbonyl (C=S) groups is 1. The van der Waals surface area contributed by atoms with Crippen LogP contribution in [0.15, 0.2) is 53.4 Å². The SMILES string of the molecule is Cc1ccccc1N1C(=O)/C(=C/c2cccc(F)c2)SC1=S. The molecule has 2 aromatic carbocycles. The van der Waals surface area contributed by atoms with Gasteiger partial charge in [-0.1, -0.05) is 54.3 Å². The van der Waals surface area contributed by atoms with Crippen LogP contribution in [0, 0.1) is 12.7 Å². The van der Waals surface area contributed by atoms with E-state index in [0.29, 0.717) is 14.8 Å². The van der Waals surface area contributed by atoms with E-state index in [1.807, 2.05) is 31.2 Å². The van der Waals surface area contributed by atoms with Gasteiger partial charge in [0.05, 0.1) is 10.6 Å². The maximum atomic E-state index is 13.3. The summed E-state index contributed by atoms with van der Waals surface area (Å²) in [5.74, 6) is -0.503. The van der Waals surface area contributed by atoms with E-state index in [9.17, 15) is 9.18 Å². The quantitative estimate of drug-likeness (QED) is 0.596. The summed E-state index contributed by atoms with van der Waals surface area (Å²) in [5.41, 5.74) is 2.41. The number of hydrogen-bond donors (Lipinski definition) is 0. The van der Waals surface area contributed by atoms with Gasteiger partial charge in [-0.25, -0.2) is 4.39 Å². The average molecular weight is 329 g/mol. The van der Waals surface area contributed by atoms with Crippen LogP contribution in [0.25, 0.3) is 6.08 Å². The van der Waals surface area contributed by atoms with E-state index in [4.69, 9.17) is 12.2 Å². The molecular weight excluding hydrogens is 317 g/mol. The molecule has 22 heavy (non-hydrogen) atoms. The second-order valence-electron chi connectivity index (χ2n) is 4.86. The molecular formula is C17H12FNOS2. The lowest BCUT2D eigenvalue weighted by molar-refractivity contribution is -0.113. The number of benzene rings is 2. The highest BCUT2D eigenvalue weighted by atomic mass is 32.2. The van der Waals surface area contributed by atoms with Gasteiger partial charge >= 0.3 is 0 Å². The highest BCUT2D eigenvalue weighted by molar-refractivity contribution is 8.27. The van der Waals surface area contributed by atoms with E-state index < -0.39 is 0 Å². The molecule has 0 unspecified atom stereocenters. The minimum Gasteiger partial charge on any atom is -0.268 e. The Labute approximate surface area is 137 Å². The first-order valence-corrected chi connectivity index (χ1v) is 7.88. The lowest BCUT2D eigenvalue weighted by Crippen LogP contribution is -2.28. The van der Waals surface area contributed by atoms with Crippen molar-refractivity contribution in [2.45, 2.75) is 6.92 Å². The molecule has 110 valence electrons. The zero-order valence-electron chi connectivity index (χ0n) is 11.7. The molecule has 0 aromatic heterocycles. The molecule has 0 aliphatic carbocycles. The maximum absolute atomic E-state index is 13.3. The summed E-state index contributed by atoms with van der Waals surface area (Å²) < 4.78 is 13.7. The van der Waals surface area contributed by atoms with E-state index in [0.717, 1.165) is 11.3 Å². The molecule has 2 nitrogen and oxygen atoms in total. The van der Waals surface area contributed by atoms with E-state index in [-0.39, 0.29) is 11.7 Å². The van der Waals surface area contributed by atoms with Crippen LogP contribution < -0.4 is 4.90 Å². The monoisotopic (exact) mass is 329 g/mol. The van der Waals surface area contributed by atoms with Gasteiger partial charge in [0.25, 0.3) is 5.91 Å². The van der Waals surface area contributed by atoms with Gasteiger partial charge in [0, 0.05) is 0 Å². The molecule has 1 fully saturated rings. The van der Waals surface area contributed by atoms with Gasteiger partial charge < -0.3 is 0 Å². The van der Waals surface area contributed by atoms with Crippen LogP contribution in [0.3, 0.4) is 0 Å². The first-order valence-electron chi connectivity index (χ1n) is 6.65. The number of anilines is 1. The Hall–Kier alpha value is -1.98. The zero-order chi connectivity index (χ0) is 15.7. The van der Waals surface area contributed by atoms with Gasteiger partial charge in [-0.2, -0.15) is 0 Å². The molecule has 1 aliphatic heterocycles. The van der Waals surface area contributed by atoms with E-state index in [1.54, 1.807) is 18.2 Å². The van der Waals surface area contributed by atoms with Crippen molar-refractivity contribution in [1.29, 1.82) is 0 Å². The van der Waals surface area contributed by atoms with Crippen molar-refractivity contribution in [3.05, 3.63) is 70.4 Å². The van der Waals surface area contributed by atoms with Crippen LogP contribution in [-0.4, -0.2) is 10.2 Å². The summed E-state index contributed by atoms with van der Waals surface area (Å²) in [6.07, 6.45) is 1.67. The summed E-state index contributed by atoms with van der Waals surface area (Å²) >= 11 is 6.56. The van der Waals surface area contributed by atoms with Crippen molar-refractivity contribution in [3.8, 4) is 0 Å². The summed E-state index contributed by atoms with van der Waals surface area (Å²) in [6.45, 7) is 1.93. The summed E-state index contributed by atoms with van der Waals surface area (Å²) in [5, 5.41) is 0. The first kappa shape index (κ1) is 14.9. The number of nitrogens with zero attached hydrogens (tertiary/aromatic N) is 1. The Morgan fingerprint density at radius 1 is 1.18 bits per heavy atom. The Morgan fingerprint density at radius 3 is 2.68 bits per heavy atom. The highest BCUT2D eigenvalue weighted by Gasteiger charge is 2.33. The fourth-order valence-corrected chi connectivity index (χ4v) is 3.52. The zero-order valence-corrected chi connectivity index (χ0v) is 13.4. The summed E-state index contributed by atoms with van der Waals surface area (Å²) in [7, 11) is 0. The first-order chi connectivity index (χ1) is 10.6. The fourth-order valence-electron chi connectivity index (χ4n) is 2.24. The minimum atomic E-state index is -0.330. The largest absolute Gasteiger partial charge is 0.270 e. The number of hydrogen-bond acceptors (Lipinski definition) is 3. The van der Waals surface area contributed by atoms with E-state index in [1.165, 1.54) is 28.8 Å². The van der Waals surface area contributed by atoms with Crippen LogP contribution in [0.1, 0.15) is 11.1 Å². The van der Waals surface area contributed by atoms with E-state index in [2.05, 4.69) is 0 Å². The topological polar surface area (TPSA) is 20.3 Å². The number of aryl methyl sites for hydroxylation is 1. The molecule has 1 amide bonds. The van der Waals surface area contributed by atoms with Crippen LogP contribution in [0.2, 0.25) is 0 Å². The van der Waals surface area contributed by atoms with Crippen LogP contribution >= 0.6 is 24.0 Å². The van der Waals surface area contributed by atoms with Crippen LogP contribution in [-0.2, 0) is 4.79 Å². The standard InChI is InChI=1S/C17H12FNOS2/c1-11-5-2-3-8-14(11)19-16(20)15(22-17(19)21)10-12-6-4-7-13(18)9-12/h2-10H,1H3/b15-10-. The molecule has 3 rings (SSSR count). The minimum absolute atomic E-state index is 0.173. The molecule has 5 heteroatoms. The molecule has 1 aliphatic rings. The molecule has 0 N–H and O–H groups in total. The number of rotatable bonds is 2. The Balaban J connectivity index is 1.97. The number of carbonyl (C=O) groups is 1. The Bertz CT molecular complexity index is 801. The third-order valence-electron chi connectivity index (χ3n) is 3.30. The molecule has 0 spiro atoms. The van der Waals surface area contributed by atoms with E-state index >= 15 is 0 Å². The van der Waals surface area contributed by atoms with Gasteiger partial charge in [-0.15, -0.1) is 0 Å². The highest BCUT2D eigenvalue weighted by Crippen LogP contribution is 2.37. The summed E-state index contributed by atoms with van der Waals surface area (Å²) in [6, 6.07) is 13.7. The molecule has 2 aromatic rings. The van der Waals surface area contributed by atoms with Gasteiger partial charge in [-0.3, -0.25) is 9.69 Å². The smallest absolute Gasteiger partial charge is 0.268 e.